The Labute approximate surface area is 132 Å². The summed E-state index contributed by atoms with van der Waals surface area (Å²) < 4.78 is 0. The summed E-state index contributed by atoms with van der Waals surface area (Å²) in [6.45, 7) is 17.2. The molecule has 0 N–H and O–H groups in total. The van der Waals surface area contributed by atoms with Crippen molar-refractivity contribution >= 4 is 0 Å². The van der Waals surface area contributed by atoms with Gasteiger partial charge in [0.05, 0.1) is 0 Å². The molecule has 1 radical (unpaired) electrons. The first-order valence-electron chi connectivity index (χ1n) is 6.94. The second-order valence-corrected chi connectivity index (χ2v) is 3.65. The Balaban J connectivity index is -0.0000000719. The van der Waals surface area contributed by atoms with Crippen LogP contribution in [-0.4, -0.2) is 0 Å². The van der Waals surface area contributed by atoms with Crippen LogP contribution in [-0.2, 0) is 21.7 Å². The van der Waals surface area contributed by atoms with Crippen molar-refractivity contribution in [2.45, 2.75) is 65.7 Å². The summed E-state index contributed by atoms with van der Waals surface area (Å²) in [5, 5.41) is 0. The molecule has 1 rings (SSSR count). The molecule has 0 amide bonds. The molecule has 0 fully saturated rings. The van der Waals surface area contributed by atoms with Gasteiger partial charge in [-0.2, -0.15) is 19.3 Å². The van der Waals surface area contributed by atoms with Gasteiger partial charge in [0.2, 0.25) is 0 Å². The van der Waals surface area contributed by atoms with E-state index in [2.05, 4.69) is 65.8 Å². The monoisotopic (exact) mass is 285 g/mol. The summed E-state index contributed by atoms with van der Waals surface area (Å²) in [5.41, 5.74) is 0. The zero-order chi connectivity index (χ0) is 13.8. The van der Waals surface area contributed by atoms with E-state index in [0.29, 0.717) is 0 Å². The Kier molecular flexibility index (Phi) is 53.4. The third kappa shape index (κ3) is 55.7. The Bertz CT molecular complexity index is 111. The van der Waals surface area contributed by atoms with Gasteiger partial charge in [-0.05, 0) is 6.42 Å². The minimum atomic E-state index is 0. The maximum Gasteiger partial charge on any atom is 3.00 e. The first-order valence-corrected chi connectivity index (χ1v) is 6.94. The van der Waals surface area contributed by atoms with Crippen molar-refractivity contribution < 1.29 is 21.7 Å². The van der Waals surface area contributed by atoms with E-state index in [9.17, 15) is 0 Å². The van der Waals surface area contributed by atoms with Gasteiger partial charge in [-0.25, -0.2) is 0 Å². The summed E-state index contributed by atoms with van der Waals surface area (Å²) in [6, 6.07) is 0. The molecule has 0 spiro atoms. The van der Waals surface area contributed by atoms with Crippen molar-refractivity contribution in [2.75, 3.05) is 0 Å². The van der Waals surface area contributed by atoms with Gasteiger partial charge in [-0.15, -0.1) is 0 Å². The maximum atomic E-state index is 3.60. The van der Waals surface area contributed by atoms with Crippen molar-refractivity contribution in [2.24, 2.45) is 0 Å². The number of hydrogen-bond donors (Lipinski definition) is 0. The van der Waals surface area contributed by atoms with E-state index in [-0.39, 0.29) is 21.7 Å². The molecule has 105 valence electrons. The van der Waals surface area contributed by atoms with E-state index >= 15 is 0 Å². The van der Waals surface area contributed by atoms with Gasteiger partial charge in [0.15, 0.2) is 0 Å². The Hall–Kier alpha value is 0.194. The van der Waals surface area contributed by atoms with Crippen LogP contribution in [0.1, 0.15) is 65.7 Å². The van der Waals surface area contributed by atoms with Gasteiger partial charge in [0.25, 0.3) is 0 Å². The smallest absolute Gasteiger partial charge is 0.343 e. The average Bonchev–Trinajstić information content (AvgIpc) is 2.98. The molecule has 1 aliphatic rings. The van der Waals surface area contributed by atoms with Crippen molar-refractivity contribution in [3.63, 3.8) is 0 Å². The van der Waals surface area contributed by atoms with Gasteiger partial charge in [-0.1, -0.05) is 64.3 Å². The maximum absolute atomic E-state index is 3.60. The van der Waals surface area contributed by atoms with Crippen LogP contribution < -0.4 is 0 Å². The molecule has 1 heteroatoms. The molecule has 0 bridgehead atoms. The van der Waals surface area contributed by atoms with Crippen molar-refractivity contribution in [3.05, 3.63) is 45.1 Å². The normalized spacial score (nSPS) is 9.89. The average molecular weight is 285 g/mol. The standard InChI is InChI=1S/C5H6.3C4H9.Ti/c1-2-4-5-3-1;3*1-3-4-2;/h1-4H,5H2;3*1,3-4H2,2H3;/q;3*-1;+3. The molecule has 0 aliphatic heterocycles. The zero-order valence-corrected chi connectivity index (χ0v) is 14.4. The SMILES string of the molecule is C1=CCC=C1.[CH2-]CCC.[CH2-]CCC.[CH2-]CCC.[Ti+3]. The van der Waals surface area contributed by atoms with E-state index in [1.807, 2.05) is 0 Å². The molecule has 1 aliphatic carbocycles. The molecule has 0 saturated heterocycles. The molecular weight excluding hydrogens is 252 g/mol. The van der Waals surface area contributed by atoms with E-state index in [0.717, 1.165) is 25.7 Å². The molecule has 0 atom stereocenters. The van der Waals surface area contributed by atoms with Gasteiger partial charge in [0.1, 0.15) is 0 Å². The van der Waals surface area contributed by atoms with E-state index < -0.39 is 0 Å². The van der Waals surface area contributed by atoms with E-state index in [1.54, 1.807) is 0 Å². The van der Waals surface area contributed by atoms with Crippen molar-refractivity contribution in [1.82, 2.24) is 0 Å². The summed E-state index contributed by atoms with van der Waals surface area (Å²) in [4.78, 5) is 0. The van der Waals surface area contributed by atoms with Crippen molar-refractivity contribution in [1.29, 1.82) is 0 Å². The minimum Gasteiger partial charge on any atom is -0.343 e. The molecule has 0 unspecified atom stereocenters. The van der Waals surface area contributed by atoms with Gasteiger partial charge < -0.3 is 20.8 Å². The quantitative estimate of drug-likeness (QED) is 0.418. The minimum absolute atomic E-state index is 0. The Morgan fingerprint density at radius 3 is 1.00 bits per heavy atom. The summed E-state index contributed by atoms with van der Waals surface area (Å²) in [5.74, 6) is 0. The summed E-state index contributed by atoms with van der Waals surface area (Å²) in [6.07, 6.45) is 16.3. The first kappa shape index (κ1) is 26.7. The van der Waals surface area contributed by atoms with Crippen LogP contribution in [0.25, 0.3) is 0 Å². The van der Waals surface area contributed by atoms with Crippen LogP contribution in [0.15, 0.2) is 24.3 Å². The van der Waals surface area contributed by atoms with E-state index in [1.165, 1.54) is 19.3 Å². The number of rotatable bonds is 3. The Morgan fingerprint density at radius 2 is 0.944 bits per heavy atom. The molecular formula is C17H33Ti. The third-order valence-electron chi connectivity index (χ3n) is 1.72. The van der Waals surface area contributed by atoms with Gasteiger partial charge in [0, 0.05) is 0 Å². The molecule has 0 aromatic heterocycles. The van der Waals surface area contributed by atoms with Crippen LogP contribution in [0, 0.1) is 20.8 Å². The van der Waals surface area contributed by atoms with Crippen LogP contribution in [0.5, 0.6) is 0 Å². The topological polar surface area (TPSA) is 0 Å². The second-order valence-electron chi connectivity index (χ2n) is 3.65. The molecule has 18 heavy (non-hydrogen) atoms. The summed E-state index contributed by atoms with van der Waals surface area (Å²) in [7, 11) is 0. The Morgan fingerprint density at radius 1 is 0.722 bits per heavy atom. The van der Waals surface area contributed by atoms with Crippen molar-refractivity contribution in [3.8, 4) is 0 Å². The second kappa shape index (κ2) is 36.0. The number of hydrogen-bond acceptors (Lipinski definition) is 0. The van der Waals surface area contributed by atoms with Gasteiger partial charge >= 0.3 is 21.7 Å². The fourth-order valence-electron chi connectivity index (χ4n) is 0.393. The molecule has 0 aromatic carbocycles. The zero-order valence-electron chi connectivity index (χ0n) is 12.9. The third-order valence-corrected chi connectivity index (χ3v) is 1.72. The molecule has 0 saturated carbocycles. The van der Waals surface area contributed by atoms with Crippen LogP contribution in [0.3, 0.4) is 0 Å². The molecule has 0 heterocycles. The van der Waals surface area contributed by atoms with Crippen LogP contribution in [0.4, 0.5) is 0 Å². The summed E-state index contributed by atoms with van der Waals surface area (Å²) >= 11 is 0. The molecule has 0 aromatic rings. The fourth-order valence-corrected chi connectivity index (χ4v) is 0.393. The molecule has 0 nitrogen and oxygen atoms in total. The van der Waals surface area contributed by atoms with Crippen LogP contribution in [0.2, 0.25) is 0 Å². The van der Waals surface area contributed by atoms with E-state index in [4.69, 9.17) is 0 Å². The number of unbranched alkanes of at least 4 members (excludes halogenated alkanes) is 3. The first-order chi connectivity index (χ1) is 8.24. The predicted octanol–water partition coefficient (Wildman–Crippen LogP) is 6.36. The largest absolute Gasteiger partial charge is 3.00 e. The predicted molar refractivity (Wildman–Crippen MR) is 83.7 cm³/mol. The fraction of sp³-hybridized carbons (Fsp3) is 0.588. The van der Waals surface area contributed by atoms with Gasteiger partial charge in [-0.3, -0.25) is 0 Å². The van der Waals surface area contributed by atoms with Crippen LogP contribution >= 0.6 is 0 Å². The number of allylic oxidation sites excluding steroid dienone is 4.